The number of pyridine rings is 1. The second-order valence-electron chi connectivity index (χ2n) is 3.62. The Morgan fingerprint density at radius 3 is 3.00 bits per heavy atom. The van der Waals surface area contributed by atoms with Crippen molar-refractivity contribution in [1.82, 2.24) is 14.3 Å². The monoisotopic (exact) mass is 266 g/mol. The summed E-state index contributed by atoms with van der Waals surface area (Å²) in [6, 6.07) is 3.88. The third-order valence-electron chi connectivity index (χ3n) is 2.24. The number of hydrogen-bond donors (Lipinski definition) is 1. The van der Waals surface area contributed by atoms with E-state index in [0.29, 0.717) is 0 Å². The van der Waals surface area contributed by atoms with Crippen LogP contribution in [0.1, 0.15) is 31.3 Å². The highest BCUT2D eigenvalue weighted by Crippen LogP contribution is 2.31. The minimum atomic E-state index is -0.0234. The van der Waals surface area contributed by atoms with Crippen LogP contribution >= 0.6 is 23.3 Å². The topological polar surface area (TPSA) is 64.7 Å². The van der Waals surface area contributed by atoms with E-state index in [4.69, 9.17) is 5.73 Å². The molecule has 2 rings (SSSR count). The minimum absolute atomic E-state index is 0.0234. The van der Waals surface area contributed by atoms with Crippen molar-refractivity contribution in [2.45, 2.75) is 35.7 Å². The molecule has 0 fully saturated rings. The summed E-state index contributed by atoms with van der Waals surface area (Å²) in [7, 11) is 0. The highest BCUT2D eigenvalue weighted by atomic mass is 32.2. The first kappa shape index (κ1) is 12.5. The SMILES string of the molecule is CCc1nsc(Sc2ncccc2[C@H](C)N)n1. The standard InChI is InChI=1S/C11H14N4S2/c1-3-9-14-11(17-15-9)16-10-8(7(2)12)5-4-6-13-10/h4-7H,3,12H2,1-2H3/t7-/m0/s1. The maximum atomic E-state index is 5.91. The van der Waals surface area contributed by atoms with E-state index in [1.165, 1.54) is 23.3 Å². The molecule has 0 aliphatic carbocycles. The fourth-order valence-corrected chi connectivity index (χ4v) is 3.14. The Labute approximate surface area is 109 Å². The molecule has 1 atom stereocenters. The van der Waals surface area contributed by atoms with Gasteiger partial charge in [0.2, 0.25) is 0 Å². The maximum absolute atomic E-state index is 5.91. The van der Waals surface area contributed by atoms with Crippen molar-refractivity contribution in [2.75, 3.05) is 0 Å². The van der Waals surface area contributed by atoms with Crippen molar-refractivity contribution >= 4 is 23.3 Å². The van der Waals surface area contributed by atoms with Crippen molar-refractivity contribution in [3.63, 3.8) is 0 Å². The molecule has 2 N–H and O–H groups in total. The molecule has 0 aliphatic heterocycles. The summed E-state index contributed by atoms with van der Waals surface area (Å²) >= 11 is 2.94. The molecule has 2 aromatic heterocycles. The van der Waals surface area contributed by atoms with Crippen molar-refractivity contribution in [3.05, 3.63) is 29.7 Å². The van der Waals surface area contributed by atoms with Crippen LogP contribution in [0.5, 0.6) is 0 Å². The molecule has 0 unspecified atom stereocenters. The quantitative estimate of drug-likeness (QED) is 0.921. The summed E-state index contributed by atoms with van der Waals surface area (Å²) in [6.07, 6.45) is 2.63. The fraction of sp³-hybridized carbons (Fsp3) is 0.364. The van der Waals surface area contributed by atoms with Crippen LogP contribution in [0.4, 0.5) is 0 Å². The van der Waals surface area contributed by atoms with Crippen LogP contribution in [0.2, 0.25) is 0 Å². The molecule has 2 heterocycles. The molecule has 0 aliphatic rings. The summed E-state index contributed by atoms with van der Waals surface area (Å²) in [5.41, 5.74) is 6.96. The molecule has 0 saturated carbocycles. The van der Waals surface area contributed by atoms with Gasteiger partial charge in [0.1, 0.15) is 10.9 Å². The van der Waals surface area contributed by atoms with Crippen molar-refractivity contribution < 1.29 is 0 Å². The van der Waals surface area contributed by atoms with Gasteiger partial charge in [0.15, 0.2) is 4.34 Å². The first-order valence-electron chi connectivity index (χ1n) is 5.41. The Bertz CT molecular complexity index is 496. The van der Waals surface area contributed by atoms with Crippen molar-refractivity contribution in [1.29, 1.82) is 0 Å². The van der Waals surface area contributed by atoms with E-state index < -0.39 is 0 Å². The average Bonchev–Trinajstić information content (AvgIpc) is 2.77. The molecule has 6 heteroatoms. The van der Waals surface area contributed by atoms with E-state index in [9.17, 15) is 0 Å². The first-order valence-corrected chi connectivity index (χ1v) is 7.00. The van der Waals surface area contributed by atoms with Crippen LogP contribution < -0.4 is 5.73 Å². The molecule has 0 radical (unpaired) electrons. The number of hydrogen-bond acceptors (Lipinski definition) is 6. The summed E-state index contributed by atoms with van der Waals surface area (Å²) in [5, 5.41) is 0.918. The van der Waals surface area contributed by atoms with Gasteiger partial charge in [0.25, 0.3) is 0 Å². The predicted octanol–water partition coefficient (Wildman–Crippen LogP) is 2.67. The highest BCUT2D eigenvalue weighted by molar-refractivity contribution is 8.00. The molecule has 0 spiro atoms. The zero-order valence-corrected chi connectivity index (χ0v) is 11.4. The molecule has 0 saturated heterocycles. The summed E-state index contributed by atoms with van der Waals surface area (Å²) < 4.78 is 5.17. The predicted molar refractivity (Wildman–Crippen MR) is 70.2 cm³/mol. The summed E-state index contributed by atoms with van der Waals surface area (Å²) in [5.74, 6) is 0.885. The highest BCUT2D eigenvalue weighted by Gasteiger charge is 2.11. The lowest BCUT2D eigenvalue weighted by Gasteiger charge is -2.08. The number of nitrogens with zero attached hydrogens (tertiary/aromatic N) is 3. The van der Waals surface area contributed by atoms with Gasteiger partial charge < -0.3 is 5.73 Å². The Kier molecular flexibility index (Phi) is 4.09. The Morgan fingerprint density at radius 2 is 2.35 bits per heavy atom. The van der Waals surface area contributed by atoms with Crippen molar-refractivity contribution in [3.8, 4) is 0 Å². The normalized spacial score (nSPS) is 12.6. The zero-order valence-electron chi connectivity index (χ0n) is 9.75. The lowest BCUT2D eigenvalue weighted by atomic mass is 10.2. The molecule has 17 heavy (non-hydrogen) atoms. The van der Waals surface area contributed by atoms with Crippen LogP contribution in [0.25, 0.3) is 0 Å². The van der Waals surface area contributed by atoms with E-state index in [1.54, 1.807) is 6.20 Å². The van der Waals surface area contributed by atoms with Gasteiger partial charge in [-0.3, -0.25) is 0 Å². The molecule has 2 aromatic rings. The summed E-state index contributed by atoms with van der Waals surface area (Å²) in [4.78, 5) is 8.77. The van der Waals surface area contributed by atoms with Crippen LogP contribution in [0.3, 0.4) is 0 Å². The number of aryl methyl sites for hydroxylation is 1. The van der Waals surface area contributed by atoms with Crippen molar-refractivity contribution in [2.24, 2.45) is 5.73 Å². The molecule has 0 bridgehead atoms. The second-order valence-corrected chi connectivity index (χ2v) is 5.61. The summed E-state index contributed by atoms with van der Waals surface area (Å²) in [6.45, 7) is 4.00. The van der Waals surface area contributed by atoms with Crippen LogP contribution in [-0.4, -0.2) is 14.3 Å². The van der Waals surface area contributed by atoms with Gasteiger partial charge in [-0.2, -0.15) is 4.37 Å². The Hall–Kier alpha value is -0.980. The number of nitrogens with two attached hydrogens (primary N) is 1. The van der Waals surface area contributed by atoms with E-state index in [-0.39, 0.29) is 6.04 Å². The average molecular weight is 266 g/mol. The minimum Gasteiger partial charge on any atom is -0.324 e. The molecule has 90 valence electrons. The van der Waals surface area contributed by atoms with E-state index in [1.807, 2.05) is 26.0 Å². The fourth-order valence-electron chi connectivity index (χ4n) is 1.34. The molecule has 0 amide bonds. The lowest BCUT2D eigenvalue weighted by molar-refractivity contribution is 0.779. The smallest absolute Gasteiger partial charge is 0.176 e. The van der Waals surface area contributed by atoms with Gasteiger partial charge in [-0.15, -0.1) is 0 Å². The van der Waals surface area contributed by atoms with Gasteiger partial charge >= 0.3 is 0 Å². The number of rotatable bonds is 4. The van der Waals surface area contributed by atoms with Crippen LogP contribution in [0.15, 0.2) is 27.7 Å². The van der Waals surface area contributed by atoms with Gasteiger partial charge in [-0.25, -0.2) is 9.97 Å². The second kappa shape index (κ2) is 5.57. The maximum Gasteiger partial charge on any atom is 0.176 e. The van der Waals surface area contributed by atoms with E-state index in [0.717, 1.165) is 27.2 Å². The third kappa shape index (κ3) is 3.02. The van der Waals surface area contributed by atoms with Crippen LogP contribution in [-0.2, 0) is 6.42 Å². The zero-order chi connectivity index (χ0) is 12.3. The van der Waals surface area contributed by atoms with E-state index in [2.05, 4.69) is 14.3 Å². The third-order valence-corrected chi connectivity index (χ3v) is 4.06. The largest absolute Gasteiger partial charge is 0.324 e. The molecule has 4 nitrogen and oxygen atoms in total. The van der Waals surface area contributed by atoms with E-state index >= 15 is 0 Å². The molecular weight excluding hydrogens is 252 g/mol. The van der Waals surface area contributed by atoms with Gasteiger partial charge in [-0.1, -0.05) is 13.0 Å². The Balaban J connectivity index is 2.23. The van der Waals surface area contributed by atoms with Gasteiger partial charge in [-0.05, 0) is 36.3 Å². The van der Waals surface area contributed by atoms with Gasteiger partial charge in [0.05, 0.1) is 0 Å². The molecular formula is C11H14N4S2. The van der Waals surface area contributed by atoms with Gasteiger partial charge in [0, 0.05) is 24.2 Å². The van der Waals surface area contributed by atoms with Crippen LogP contribution in [0, 0.1) is 0 Å². The first-order chi connectivity index (χ1) is 8.20. The Morgan fingerprint density at radius 1 is 1.53 bits per heavy atom. The number of aromatic nitrogens is 3. The molecule has 0 aromatic carbocycles. The lowest BCUT2D eigenvalue weighted by Crippen LogP contribution is -2.07.